The molecule has 0 bridgehead atoms. The number of ether oxygens (including phenoxy) is 2. The number of fused-ring (bicyclic) bond motifs is 1. The number of aliphatic hydroxyl groups is 1. The van der Waals surface area contributed by atoms with E-state index in [4.69, 9.17) is 9.47 Å². The maximum absolute atomic E-state index is 14.4. The molecule has 2 aliphatic rings. The Labute approximate surface area is 281 Å². The molecule has 1 N–H and O–H groups in total. The first-order chi connectivity index (χ1) is 23.0. The minimum atomic E-state index is -1.11. The number of aromatic nitrogens is 1. The molecular formula is C38H45FN4O5. The van der Waals surface area contributed by atoms with Crippen LogP contribution in [0.4, 0.5) is 14.9 Å². The van der Waals surface area contributed by atoms with Crippen molar-refractivity contribution in [2.45, 2.75) is 77.0 Å². The first-order valence-electron chi connectivity index (χ1n) is 16.7. The Bertz CT molecular complexity index is 1750. The fourth-order valence-corrected chi connectivity index (χ4v) is 6.58. The van der Waals surface area contributed by atoms with E-state index in [9.17, 15) is 19.1 Å². The molecule has 1 saturated carbocycles. The van der Waals surface area contributed by atoms with Crippen molar-refractivity contribution in [1.82, 2.24) is 14.4 Å². The number of benzene rings is 3. The highest BCUT2D eigenvalue weighted by Gasteiger charge is 2.45. The summed E-state index contributed by atoms with van der Waals surface area (Å²) in [6, 6.07) is 21.8. The Kier molecular flexibility index (Phi) is 9.87. The summed E-state index contributed by atoms with van der Waals surface area (Å²) in [7, 11) is 1.66. The zero-order valence-electron chi connectivity index (χ0n) is 28.1. The van der Waals surface area contributed by atoms with Crippen molar-refractivity contribution in [3.05, 3.63) is 90.4 Å². The number of halogens is 1. The molecule has 2 fully saturated rings. The average Bonchev–Trinajstić information content (AvgIpc) is 3.85. The van der Waals surface area contributed by atoms with Crippen LogP contribution in [0.15, 0.2) is 79.0 Å². The molecule has 9 nitrogen and oxygen atoms in total. The summed E-state index contributed by atoms with van der Waals surface area (Å²) in [6.45, 7) is 6.92. The standard InChI is InChI=1S/C38H45FN4O5/c1-38(2,3)48-37(46)41-24-34(43(35(44)25-41)31-13-8-12-27(20-31)26-10-6-5-7-11-26)36(45)42(30-15-16-30)23-28-22-40(18-9-19-47-4)33-21-29(39)14-17-32(28)33/h5-8,10-14,17,20-22,30,34,36,45H,9,15-16,18-19,23-25H2,1-4H3. The van der Waals surface area contributed by atoms with Gasteiger partial charge in [0.1, 0.15) is 24.2 Å². The molecule has 0 spiro atoms. The van der Waals surface area contributed by atoms with Gasteiger partial charge in [-0.1, -0.05) is 42.5 Å². The summed E-state index contributed by atoms with van der Waals surface area (Å²) in [5, 5.41) is 13.3. The van der Waals surface area contributed by atoms with Crippen molar-refractivity contribution in [3.63, 3.8) is 0 Å². The summed E-state index contributed by atoms with van der Waals surface area (Å²) < 4.78 is 27.4. The summed E-state index contributed by atoms with van der Waals surface area (Å²) >= 11 is 0. The quantitative estimate of drug-likeness (QED) is 0.148. The number of amides is 2. The number of carbonyl (C=O) groups is 2. The average molecular weight is 657 g/mol. The third-order valence-corrected chi connectivity index (χ3v) is 8.94. The van der Waals surface area contributed by atoms with Crippen molar-refractivity contribution in [2.24, 2.45) is 0 Å². The van der Waals surface area contributed by atoms with E-state index in [-0.39, 0.29) is 30.9 Å². The molecule has 2 heterocycles. The van der Waals surface area contributed by atoms with E-state index in [1.165, 1.54) is 11.0 Å². The van der Waals surface area contributed by atoms with Gasteiger partial charge in [0, 0.05) is 56.7 Å². The lowest BCUT2D eigenvalue weighted by molar-refractivity contribution is -0.126. The number of hydrogen-bond donors (Lipinski definition) is 1. The smallest absolute Gasteiger partial charge is 0.410 e. The van der Waals surface area contributed by atoms with Gasteiger partial charge in [-0.3, -0.25) is 14.6 Å². The van der Waals surface area contributed by atoms with Crippen LogP contribution < -0.4 is 4.90 Å². The van der Waals surface area contributed by atoms with Gasteiger partial charge in [0.2, 0.25) is 5.91 Å². The number of carbonyl (C=O) groups excluding carboxylic acids is 2. The van der Waals surface area contributed by atoms with Gasteiger partial charge in [0.05, 0.1) is 11.6 Å². The molecule has 2 atom stereocenters. The molecule has 6 rings (SSSR count). The summed E-state index contributed by atoms with van der Waals surface area (Å²) in [4.78, 5) is 32.4. The molecule has 1 aliphatic carbocycles. The second-order valence-corrected chi connectivity index (χ2v) is 13.8. The van der Waals surface area contributed by atoms with Crippen LogP contribution >= 0.6 is 0 Å². The van der Waals surface area contributed by atoms with E-state index in [0.717, 1.165) is 46.9 Å². The fourth-order valence-electron chi connectivity index (χ4n) is 6.58. The number of nitrogens with zero attached hydrogens (tertiary/aromatic N) is 4. The van der Waals surface area contributed by atoms with Crippen LogP contribution in [-0.4, -0.2) is 82.2 Å². The van der Waals surface area contributed by atoms with Crippen LogP contribution in [0.3, 0.4) is 0 Å². The molecule has 254 valence electrons. The Balaban J connectivity index is 1.36. The summed E-state index contributed by atoms with van der Waals surface area (Å²) in [6.07, 6.45) is 2.90. The number of piperazine rings is 1. The van der Waals surface area contributed by atoms with Gasteiger partial charge >= 0.3 is 6.09 Å². The fraction of sp³-hybridized carbons (Fsp3) is 0.421. The van der Waals surface area contributed by atoms with Crippen LogP contribution in [-0.2, 0) is 27.4 Å². The Hall–Kier alpha value is -4.25. The number of hydrogen-bond acceptors (Lipinski definition) is 6. The van der Waals surface area contributed by atoms with Gasteiger partial charge in [0.25, 0.3) is 0 Å². The zero-order valence-corrected chi connectivity index (χ0v) is 28.1. The largest absolute Gasteiger partial charge is 0.444 e. The number of aliphatic hydroxyl groups excluding tert-OH is 1. The van der Waals surface area contributed by atoms with E-state index in [1.807, 2.05) is 70.3 Å². The van der Waals surface area contributed by atoms with Gasteiger partial charge in [-0.05, 0) is 87.1 Å². The van der Waals surface area contributed by atoms with Crippen LogP contribution in [0, 0.1) is 5.82 Å². The van der Waals surface area contributed by atoms with Crippen LogP contribution in [0.25, 0.3) is 22.0 Å². The van der Waals surface area contributed by atoms with Crippen LogP contribution in [0.1, 0.15) is 45.6 Å². The first-order valence-corrected chi connectivity index (χ1v) is 16.7. The van der Waals surface area contributed by atoms with Gasteiger partial charge < -0.3 is 24.0 Å². The Morgan fingerprint density at radius 2 is 1.79 bits per heavy atom. The molecule has 2 amide bonds. The maximum Gasteiger partial charge on any atom is 0.410 e. The molecule has 4 aromatic rings. The molecule has 1 aliphatic heterocycles. The monoisotopic (exact) mass is 656 g/mol. The minimum Gasteiger partial charge on any atom is -0.444 e. The van der Waals surface area contributed by atoms with Gasteiger partial charge in [0.15, 0.2) is 0 Å². The van der Waals surface area contributed by atoms with Crippen molar-refractivity contribution >= 4 is 28.6 Å². The van der Waals surface area contributed by atoms with Crippen molar-refractivity contribution in [2.75, 3.05) is 31.7 Å². The molecule has 2 unspecified atom stereocenters. The SMILES string of the molecule is COCCCn1cc(CN(C2CC2)C(O)C2CN(C(=O)OC(C)(C)C)CC(=O)N2c2cccc(-c3ccccc3)c2)c2ccc(F)cc21. The predicted octanol–water partition coefficient (Wildman–Crippen LogP) is 6.42. The third kappa shape index (κ3) is 7.56. The Morgan fingerprint density at radius 1 is 1.04 bits per heavy atom. The normalized spacial score (nSPS) is 17.7. The van der Waals surface area contributed by atoms with E-state index >= 15 is 0 Å². The van der Waals surface area contributed by atoms with Gasteiger partial charge in [-0.25, -0.2) is 9.18 Å². The molecular weight excluding hydrogens is 611 g/mol. The molecule has 0 radical (unpaired) electrons. The van der Waals surface area contributed by atoms with Crippen LogP contribution in [0.5, 0.6) is 0 Å². The van der Waals surface area contributed by atoms with E-state index < -0.39 is 24.0 Å². The van der Waals surface area contributed by atoms with Gasteiger partial charge in [-0.2, -0.15) is 0 Å². The first kappa shape index (κ1) is 33.6. The highest BCUT2D eigenvalue weighted by molar-refractivity contribution is 5.98. The predicted molar refractivity (Wildman–Crippen MR) is 184 cm³/mol. The minimum absolute atomic E-state index is 0.0879. The molecule has 48 heavy (non-hydrogen) atoms. The zero-order chi connectivity index (χ0) is 34.0. The molecule has 1 aromatic heterocycles. The summed E-state index contributed by atoms with van der Waals surface area (Å²) in [5.41, 5.74) is 3.60. The topological polar surface area (TPSA) is 87.5 Å². The lowest BCUT2D eigenvalue weighted by atomic mass is 10.0. The number of rotatable bonds is 11. The molecule has 3 aromatic carbocycles. The Morgan fingerprint density at radius 3 is 2.50 bits per heavy atom. The number of anilines is 1. The van der Waals surface area contributed by atoms with Crippen molar-refractivity contribution in [3.8, 4) is 11.1 Å². The lowest BCUT2D eigenvalue weighted by Gasteiger charge is -2.45. The second-order valence-electron chi connectivity index (χ2n) is 13.8. The van der Waals surface area contributed by atoms with E-state index in [2.05, 4.69) is 0 Å². The van der Waals surface area contributed by atoms with E-state index in [1.54, 1.807) is 44.9 Å². The number of aryl methyl sites for hydroxylation is 1. The highest BCUT2D eigenvalue weighted by Crippen LogP contribution is 2.36. The third-order valence-electron chi connectivity index (χ3n) is 8.94. The van der Waals surface area contributed by atoms with Gasteiger partial charge in [-0.15, -0.1) is 0 Å². The molecule has 1 saturated heterocycles. The van der Waals surface area contributed by atoms with Crippen LogP contribution in [0.2, 0.25) is 0 Å². The van der Waals surface area contributed by atoms with Crippen molar-refractivity contribution in [1.29, 1.82) is 0 Å². The molecule has 10 heteroatoms. The van der Waals surface area contributed by atoms with E-state index in [0.29, 0.717) is 25.4 Å². The lowest BCUT2D eigenvalue weighted by Crippen LogP contribution is -2.65. The van der Waals surface area contributed by atoms with Crippen molar-refractivity contribution < 1.29 is 28.6 Å². The highest BCUT2D eigenvalue weighted by atomic mass is 19.1. The second kappa shape index (κ2) is 14.1. The maximum atomic E-state index is 14.4. The summed E-state index contributed by atoms with van der Waals surface area (Å²) in [5.74, 6) is -0.613. The number of methoxy groups -OCH3 is 1.